The number of aliphatic hydroxyl groups is 1. The van der Waals surface area contributed by atoms with Crippen molar-refractivity contribution in [2.75, 3.05) is 0 Å². The van der Waals surface area contributed by atoms with E-state index in [0.29, 0.717) is 29.5 Å². The molecule has 3 saturated carbocycles. The van der Waals surface area contributed by atoms with E-state index >= 15 is 0 Å². The lowest BCUT2D eigenvalue weighted by atomic mass is 9.45. The molecule has 0 radical (unpaired) electrons. The maximum atomic E-state index is 13.1. The van der Waals surface area contributed by atoms with Crippen LogP contribution in [0.5, 0.6) is 0 Å². The van der Waals surface area contributed by atoms with E-state index in [1.807, 2.05) is 11.6 Å². The minimum absolute atomic E-state index is 0.00186. The van der Waals surface area contributed by atoms with Gasteiger partial charge in [-0.3, -0.25) is 4.79 Å². The SMILES string of the molecule is CC1C=C2CC(O)CC[C@]2(C)[C@@H]2CC[C@]3(C)C(c4nccs4)C(=O)C[C@H]3[C@H]12. The molecule has 4 heteroatoms. The van der Waals surface area contributed by atoms with Crippen LogP contribution in [0.4, 0.5) is 0 Å². The number of thiazole rings is 1. The van der Waals surface area contributed by atoms with Crippen LogP contribution in [0, 0.1) is 34.5 Å². The van der Waals surface area contributed by atoms with Crippen molar-refractivity contribution in [1.29, 1.82) is 0 Å². The predicted octanol–water partition coefficient (Wildman–Crippen LogP) is 4.98. The molecule has 0 spiro atoms. The Hall–Kier alpha value is -1.00. The lowest BCUT2D eigenvalue weighted by molar-refractivity contribution is -0.119. The summed E-state index contributed by atoms with van der Waals surface area (Å²) in [5, 5.41) is 13.3. The van der Waals surface area contributed by atoms with Crippen LogP contribution in [0.25, 0.3) is 0 Å². The van der Waals surface area contributed by atoms with Gasteiger partial charge in [0.1, 0.15) is 10.8 Å². The summed E-state index contributed by atoms with van der Waals surface area (Å²) < 4.78 is 0. The summed E-state index contributed by atoms with van der Waals surface area (Å²) >= 11 is 1.65. The molecular formula is C23H31NO2S. The van der Waals surface area contributed by atoms with Crippen LogP contribution in [0.2, 0.25) is 0 Å². The highest BCUT2D eigenvalue weighted by Crippen LogP contribution is 2.68. The fourth-order valence-corrected chi connectivity index (χ4v) is 8.51. The fraction of sp³-hybridized carbons (Fsp3) is 0.739. The molecule has 1 heterocycles. The summed E-state index contributed by atoms with van der Waals surface area (Å²) in [4.78, 5) is 17.7. The van der Waals surface area contributed by atoms with Crippen LogP contribution in [0.15, 0.2) is 23.2 Å². The van der Waals surface area contributed by atoms with Crippen molar-refractivity contribution in [2.45, 2.75) is 71.3 Å². The highest BCUT2D eigenvalue weighted by molar-refractivity contribution is 7.09. The molecule has 146 valence electrons. The number of aromatic nitrogens is 1. The molecule has 8 atom stereocenters. The topological polar surface area (TPSA) is 50.2 Å². The van der Waals surface area contributed by atoms with Crippen LogP contribution in [0.1, 0.15) is 70.2 Å². The standard InChI is InChI=1S/C23H31NO2S/c1-13-10-14-11-15(25)4-6-22(14,2)16-5-7-23(3)17(19(13)16)12-18(26)20(23)21-24-8-9-27-21/h8-10,13,15-17,19-20,25H,4-7,11-12H2,1-3H3/t13?,15?,16-,17+,19-,20?,22+,23+/m1/s1. The Kier molecular flexibility index (Phi) is 4.01. The molecule has 3 fully saturated rings. The first-order valence-electron chi connectivity index (χ1n) is 10.7. The predicted molar refractivity (Wildman–Crippen MR) is 108 cm³/mol. The number of carbonyl (C=O) groups excluding carboxylic acids is 1. The number of allylic oxidation sites excluding steroid dienone is 1. The molecule has 1 N–H and O–H groups in total. The smallest absolute Gasteiger partial charge is 0.143 e. The monoisotopic (exact) mass is 385 g/mol. The van der Waals surface area contributed by atoms with E-state index in [1.165, 1.54) is 12.0 Å². The normalized spacial score (nSPS) is 49.2. The first kappa shape index (κ1) is 18.1. The zero-order chi connectivity index (χ0) is 19.0. The number of ketones is 1. The van der Waals surface area contributed by atoms with Crippen molar-refractivity contribution in [3.63, 3.8) is 0 Å². The van der Waals surface area contributed by atoms with Crippen molar-refractivity contribution in [3.05, 3.63) is 28.2 Å². The van der Waals surface area contributed by atoms with E-state index in [0.717, 1.165) is 37.1 Å². The molecule has 1 aromatic heterocycles. The average molecular weight is 386 g/mol. The highest BCUT2D eigenvalue weighted by Gasteiger charge is 2.63. The van der Waals surface area contributed by atoms with Gasteiger partial charge in [0, 0.05) is 18.0 Å². The van der Waals surface area contributed by atoms with E-state index in [4.69, 9.17) is 0 Å². The second kappa shape index (κ2) is 6.00. The van der Waals surface area contributed by atoms with E-state index < -0.39 is 0 Å². The molecule has 0 aromatic carbocycles. The van der Waals surface area contributed by atoms with Crippen molar-refractivity contribution < 1.29 is 9.90 Å². The molecule has 0 aliphatic heterocycles. The Morgan fingerprint density at radius 2 is 2.00 bits per heavy atom. The number of hydrogen-bond acceptors (Lipinski definition) is 4. The molecule has 1 aromatic rings. The van der Waals surface area contributed by atoms with Gasteiger partial charge < -0.3 is 5.11 Å². The van der Waals surface area contributed by atoms with Gasteiger partial charge in [-0.25, -0.2) is 4.98 Å². The van der Waals surface area contributed by atoms with Crippen molar-refractivity contribution >= 4 is 17.1 Å². The maximum Gasteiger partial charge on any atom is 0.143 e. The second-order valence-corrected chi connectivity index (χ2v) is 11.1. The quantitative estimate of drug-likeness (QED) is 0.694. The lowest BCUT2D eigenvalue weighted by Gasteiger charge is -2.59. The number of fused-ring (bicyclic) bond motifs is 5. The van der Waals surface area contributed by atoms with E-state index in [-0.39, 0.29) is 22.9 Å². The van der Waals surface area contributed by atoms with Crippen molar-refractivity contribution in [1.82, 2.24) is 4.98 Å². The molecule has 3 unspecified atom stereocenters. The van der Waals surface area contributed by atoms with Gasteiger partial charge in [0.05, 0.1) is 12.0 Å². The third-order valence-electron chi connectivity index (χ3n) is 8.95. The average Bonchev–Trinajstić information content (AvgIpc) is 3.21. The van der Waals surface area contributed by atoms with E-state index in [1.54, 1.807) is 11.3 Å². The van der Waals surface area contributed by atoms with Crippen LogP contribution in [-0.4, -0.2) is 22.0 Å². The summed E-state index contributed by atoms with van der Waals surface area (Å²) in [5.41, 5.74) is 1.78. The Bertz CT molecular complexity index is 786. The van der Waals surface area contributed by atoms with Gasteiger partial charge in [-0.1, -0.05) is 32.4 Å². The number of carbonyl (C=O) groups is 1. The van der Waals surface area contributed by atoms with Gasteiger partial charge in [-0.05, 0) is 66.6 Å². The summed E-state index contributed by atoms with van der Waals surface area (Å²) in [5.74, 6) is 2.62. The van der Waals surface area contributed by atoms with Gasteiger partial charge in [0.25, 0.3) is 0 Å². The fourth-order valence-electron chi connectivity index (χ4n) is 7.59. The molecule has 0 saturated heterocycles. The first-order chi connectivity index (χ1) is 12.8. The molecule has 0 amide bonds. The third-order valence-corrected chi connectivity index (χ3v) is 9.79. The molecule has 27 heavy (non-hydrogen) atoms. The summed E-state index contributed by atoms with van der Waals surface area (Å²) in [6, 6.07) is 0. The highest BCUT2D eigenvalue weighted by atomic mass is 32.1. The largest absolute Gasteiger partial charge is 0.393 e. The Balaban J connectivity index is 1.55. The van der Waals surface area contributed by atoms with Gasteiger partial charge >= 0.3 is 0 Å². The minimum Gasteiger partial charge on any atom is -0.393 e. The summed E-state index contributed by atoms with van der Waals surface area (Å²) in [6.45, 7) is 7.19. The number of nitrogens with zero attached hydrogens (tertiary/aromatic N) is 1. The number of Topliss-reactive ketones (excluding diaryl/α,β-unsaturated/α-hetero) is 1. The Morgan fingerprint density at radius 1 is 1.19 bits per heavy atom. The zero-order valence-corrected chi connectivity index (χ0v) is 17.5. The molecule has 3 nitrogen and oxygen atoms in total. The number of hydrogen-bond donors (Lipinski definition) is 1. The van der Waals surface area contributed by atoms with Gasteiger partial charge in [0.2, 0.25) is 0 Å². The maximum absolute atomic E-state index is 13.1. The van der Waals surface area contributed by atoms with Crippen molar-refractivity contribution in [3.8, 4) is 0 Å². The molecule has 4 aliphatic carbocycles. The van der Waals surface area contributed by atoms with Crippen LogP contribution in [-0.2, 0) is 4.79 Å². The van der Waals surface area contributed by atoms with Gasteiger partial charge in [0.15, 0.2) is 0 Å². The van der Waals surface area contributed by atoms with Crippen LogP contribution in [0.3, 0.4) is 0 Å². The van der Waals surface area contributed by atoms with Crippen molar-refractivity contribution in [2.24, 2.45) is 34.5 Å². The number of aliphatic hydroxyl groups excluding tert-OH is 1. The summed E-state index contributed by atoms with van der Waals surface area (Å²) in [7, 11) is 0. The first-order valence-corrected chi connectivity index (χ1v) is 11.5. The third kappa shape index (κ3) is 2.42. The molecular weight excluding hydrogens is 354 g/mol. The molecule has 5 rings (SSSR count). The molecule has 4 aliphatic rings. The van der Waals surface area contributed by atoms with Gasteiger partial charge in [-0.15, -0.1) is 11.3 Å². The summed E-state index contributed by atoms with van der Waals surface area (Å²) in [6.07, 6.45) is 10.1. The van der Waals surface area contributed by atoms with Crippen LogP contribution >= 0.6 is 11.3 Å². The lowest BCUT2D eigenvalue weighted by Crippen LogP contribution is -2.52. The Morgan fingerprint density at radius 3 is 2.74 bits per heavy atom. The van der Waals surface area contributed by atoms with Crippen LogP contribution < -0.4 is 0 Å². The minimum atomic E-state index is -0.163. The van der Waals surface area contributed by atoms with Gasteiger partial charge in [-0.2, -0.15) is 0 Å². The van der Waals surface area contributed by atoms with E-state index in [2.05, 4.69) is 31.8 Å². The second-order valence-electron chi connectivity index (χ2n) is 10.2. The Labute approximate surface area is 166 Å². The number of rotatable bonds is 1. The zero-order valence-electron chi connectivity index (χ0n) is 16.6. The van der Waals surface area contributed by atoms with E-state index in [9.17, 15) is 9.90 Å². The molecule has 0 bridgehead atoms.